The Kier molecular flexibility index (Phi) is 6.99. The van der Waals surface area contributed by atoms with E-state index in [1.807, 2.05) is 25.1 Å². The van der Waals surface area contributed by atoms with Crippen molar-refractivity contribution in [2.45, 2.75) is 19.9 Å². The van der Waals surface area contributed by atoms with Crippen molar-refractivity contribution in [3.05, 3.63) is 48.0 Å². The van der Waals surface area contributed by atoms with Gasteiger partial charge in [-0.05, 0) is 12.5 Å². The van der Waals surface area contributed by atoms with E-state index in [1.165, 1.54) is 5.56 Å². The van der Waals surface area contributed by atoms with E-state index in [-0.39, 0.29) is 5.78 Å². The maximum atomic E-state index is 11.6. The second-order valence-corrected chi connectivity index (χ2v) is 4.08. The third-order valence-corrected chi connectivity index (χ3v) is 2.58. The first-order valence-electron chi connectivity index (χ1n) is 6.27. The highest BCUT2D eigenvalue weighted by atomic mass is 16.5. The Morgan fingerprint density at radius 3 is 2.72 bits per heavy atom. The van der Waals surface area contributed by atoms with Crippen LogP contribution in [0.2, 0.25) is 0 Å². The largest absolute Gasteiger partial charge is 0.377 e. The molecule has 0 amide bonds. The van der Waals surface area contributed by atoms with Crippen LogP contribution in [0.3, 0.4) is 0 Å². The standard InChI is InChI=1S/C15H21NO2/c1-3-18-12-13(2)15(17)9-10-16-11-14-7-5-4-6-8-14/h4-8,16H,2-3,9-12H2,1H3. The van der Waals surface area contributed by atoms with Gasteiger partial charge in [-0.2, -0.15) is 0 Å². The van der Waals surface area contributed by atoms with Gasteiger partial charge in [-0.25, -0.2) is 0 Å². The zero-order valence-corrected chi connectivity index (χ0v) is 10.9. The third-order valence-electron chi connectivity index (χ3n) is 2.58. The minimum atomic E-state index is 0.0732. The summed E-state index contributed by atoms with van der Waals surface area (Å²) in [4.78, 5) is 11.6. The molecule has 18 heavy (non-hydrogen) atoms. The van der Waals surface area contributed by atoms with Crippen LogP contribution < -0.4 is 5.32 Å². The van der Waals surface area contributed by atoms with E-state index in [9.17, 15) is 4.79 Å². The molecular weight excluding hydrogens is 226 g/mol. The number of carbonyl (C=O) groups is 1. The Labute approximate surface area is 109 Å². The fourth-order valence-corrected chi connectivity index (χ4v) is 1.51. The van der Waals surface area contributed by atoms with Crippen LogP contribution in [0.25, 0.3) is 0 Å². The molecule has 0 heterocycles. The van der Waals surface area contributed by atoms with Gasteiger partial charge in [-0.1, -0.05) is 36.9 Å². The van der Waals surface area contributed by atoms with Gasteiger partial charge in [-0.3, -0.25) is 4.79 Å². The maximum absolute atomic E-state index is 11.6. The summed E-state index contributed by atoms with van der Waals surface area (Å²) < 4.78 is 5.15. The molecule has 0 aromatic heterocycles. The van der Waals surface area contributed by atoms with E-state index in [0.717, 1.165) is 6.54 Å². The fraction of sp³-hybridized carbons (Fsp3) is 0.400. The SMILES string of the molecule is C=C(COCC)C(=O)CCNCc1ccccc1. The van der Waals surface area contributed by atoms with E-state index >= 15 is 0 Å². The Morgan fingerprint density at radius 1 is 1.33 bits per heavy atom. The molecule has 3 heteroatoms. The highest BCUT2D eigenvalue weighted by Gasteiger charge is 2.06. The smallest absolute Gasteiger partial charge is 0.161 e. The predicted molar refractivity (Wildman–Crippen MR) is 73.4 cm³/mol. The lowest BCUT2D eigenvalue weighted by Gasteiger charge is -2.06. The molecule has 0 bridgehead atoms. The quantitative estimate of drug-likeness (QED) is 0.537. The summed E-state index contributed by atoms with van der Waals surface area (Å²) in [5, 5.41) is 3.24. The molecule has 3 nitrogen and oxygen atoms in total. The molecule has 0 aliphatic heterocycles. The van der Waals surface area contributed by atoms with Gasteiger partial charge in [-0.15, -0.1) is 0 Å². The topological polar surface area (TPSA) is 38.3 Å². The molecule has 0 fully saturated rings. The predicted octanol–water partition coefficient (Wildman–Crippen LogP) is 2.33. The molecular formula is C15H21NO2. The number of Topliss-reactive ketones (excluding diaryl/α,β-unsaturated/α-hetero) is 1. The van der Waals surface area contributed by atoms with Crippen LogP contribution in [0.1, 0.15) is 18.9 Å². The van der Waals surface area contributed by atoms with E-state index in [4.69, 9.17) is 4.74 Å². The molecule has 0 aliphatic rings. The zero-order chi connectivity index (χ0) is 13.2. The molecule has 0 spiro atoms. The van der Waals surface area contributed by atoms with Crippen molar-refractivity contribution in [1.29, 1.82) is 0 Å². The number of ether oxygens (including phenoxy) is 1. The van der Waals surface area contributed by atoms with Crippen molar-refractivity contribution >= 4 is 5.78 Å². The molecule has 98 valence electrons. The summed E-state index contributed by atoms with van der Waals surface area (Å²) in [5.41, 5.74) is 1.77. The Hall–Kier alpha value is -1.45. The number of nitrogens with one attached hydrogen (secondary N) is 1. The fourth-order valence-electron chi connectivity index (χ4n) is 1.51. The van der Waals surface area contributed by atoms with E-state index in [2.05, 4.69) is 24.0 Å². The Morgan fingerprint density at radius 2 is 2.06 bits per heavy atom. The van der Waals surface area contributed by atoms with Crippen LogP contribution in [-0.4, -0.2) is 25.5 Å². The second-order valence-electron chi connectivity index (χ2n) is 4.08. The highest BCUT2D eigenvalue weighted by Crippen LogP contribution is 1.99. The monoisotopic (exact) mass is 247 g/mol. The number of benzene rings is 1. The van der Waals surface area contributed by atoms with Gasteiger partial charge in [0.25, 0.3) is 0 Å². The van der Waals surface area contributed by atoms with Crippen LogP contribution in [0.15, 0.2) is 42.5 Å². The summed E-state index contributed by atoms with van der Waals surface area (Å²) in [5.74, 6) is 0.0732. The van der Waals surface area contributed by atoms with E-state index < -0.39 is 0 Å². The van der Waals surface area contributed by atoms with Crippen molar-refractivity contribution in [2.24, 2.45) is 0 Å². The van der Waals surface area contributed by atoms with Gasteiger partial charge in [0.1, 0.15) is 0 Å². The van der Waals surface area contributed by atoms with Crippen molar-refractivity contribution in [3.63, 3.8) is 0 Å². The second kappa shape index (κ2) is 8.61. The average Bonchev–Trinajstić information content (AvgIpc) is 2.41. The van der Waals surface area contributed by atoms with Crippen molar-refractivity contribution in [1.82, 2.24) is 5.32 Å². The summed E-state index contributed by atoms with van der Waals surface area (Å²) in [7, 11) is 0. The summed E-state index contributed by atoms with van der Waals surface area (Å²) in [6.07, 6.45) is 0.471. The van der Waals surface area contributed by atoms with E-state index in [1.54, 1.807) is 0 Å². The lowest BCUT2D eigenvalue weighted by Crippen LogP contribution is -2.19. The molecule has 1 aromatic carbocycles. The van der Waals surface area contributed by atoms with E-state index in [0.29, 0.717) is 31.8 Å². The molecule has 0 saturated heterocycles. The zero-order valence-electron chi connectivity index (χ0n) is 10.9. The van der Waals surface area contributed by atoms with Crippen LogP contribution in [0, 0.1) is 0 Å². The molecule has 1 N–H and O–H groups in total. The lowest BCUT2D eigenvalue weighted by atomic mass is 10.1. The van der Waals surface area contributed by atoms with Gasteiger partial charge in [0.05, 0.1) is 6.61 Å². The minimum absolute atomic E-state index is 0.0732. The molecule has 0 aliphatic carbocycles. The summed E-state index contributed by atoms with van der Waals surface area (Å²) in [6, 6.07) is 10.1. The number of rotatable bonds is 9. The average molecular weight is 247 g/mol. The normalized spacial score (nSPS) is 10.3. The number of carbonyl (C=O) groups excluding carboxylic acids is 1. The Bertz CT molecular complexity index is 373. The van der Waals surface area contributed by atoms with Gasteiger partial charge < -0.3 is 10.1 Å². The molecule has 0 atom stereocenters. The van der Waals surface area contributed by atoms with Gasteiger partial charge in [0.2, 0.25) is 0 Å². The molecule has 0 saturated carbocycles. The van der Waals surface area contributed by atoms with Crippen LogP contribution in [0.5, 0.6) is 0 Å². The van der Waals surface area contributed by atoms with Crippen LogP contribution >= 0.6 is 0 Å². The number of ketones is 1. The lowest BCUT2D eigenvalue weighted by molar-refractivity contribution is -0.116. The summed E-state index contributed by atoms with van der Waals surface area (Å²) in [6.45, 7) is 8.03. The van der Waals surface area contributed by atoms with Crippen molar-refractivity contribution < 1.29 is 9.53 Å². The van der Waals surface area contributed by atoms with Crippen LogP contribution in [-0.2, 0) is 16.1 Å². The van der Waals surface area contributed by atoms with Crippen molar-refractivity contribution in [2.75, 3.05) is 19.8 Å². The molecule has 1 aromatic rings. The number of hydrogen-bond acceptors (Lipinski definition) is 3. The third kappa shape index (κ3) is 5.75. The maximum Gasteiger partial charge on any atom is 0.161 e. The highest BCUT2D eigenvalue weighted by molar-refractivity contribution is 5.95. The molecule has 0 radical (unpaired) electrons. The first kappa shape index (κ1) is 14.6. The van der Waals surface area contributed by atoms with Crippen LogP contribution in [0.4, 0.5) is 0 Å². The minimum Gasteiger partial charge on any atom is -0.377 e. The summed E-state index contributed by atoms with van der Waals surface area (Å²) >= 11 is 0. The van der Waals surface area contributed by atoms with Gasteiger partial charge in [0, 0.05) is 31.7 Å². The van der Waals surface area contributed by atoms with Gasteiger partial charge >= 0.3 is 0 Å². The van der Waals surface area contributed by atoms with Crippen molar-refractivity contribution in [3.8, 4) is 0 Å². The molecule has 1 rings (SSSR count). The number of hydrogen-bond donors (Lipinski definition) is 1. The first-order valence-corrected chi connectivity index (χ1v) is 6.27. The van der Waals surface area contributed by atoms with Gasteiger partial charge in [0.15, 0.2) is 5.78 Å². The first-order chi connectivity index (χ1) is 8.74. The molecule has 0 unspecified atom stereocenters. The Balaban J connectivity index is 2.14.